The van der Waals surface area contributed by atoms with Gasteiger partial charge >= 0.3 is 0 Å². The molecule has 3 aromatic rings. The summed E-state index contributed by atoms with van der Waals surface area (Å²) in [6.07, 6.45) is 5.12. The highest BCUT2D eigenvalue weighted by molar-refractivity contribution is 7.93. The molecule has 8 nitrogen and oxygen atoms in total. The number of amides is 1. The Labute approximate surface area is 217 Å². The number of anilines is 2. The largest absolute Gasteiger partial charge is 0.496 e. The molecule has 2 saturated heterocycles. The van der Waals surface area contributed by atoms with Gasteiger partial charge in [0.2, 0.25) is 5.91 Å². The Kier molecular flexibility index (Phi) is 8.55. The molecule has 0 bridgehead atoms. The first-order valence-corrected chi connectivity index (χ1v) is 14.1. The molecule has 5 rings (SSSR count). The van der Waals surface area contributed by atoms with Crippen molar-refractivity contribution < 1.29 is 25.2 Å². The van der Waals surface area contributed by atoms with Crippen LogP contribution in [0, 0.1) is 5.82 Å². The third-order valence-electron chi connectivity index (χ3n) is 6.16. The number of carbonyl (C=O) groups is 1. The topological polar surface area (TPSA) is 101 Å². The summed E-state index contributed by atoms with van der Waals surface area (Å²) in [5, 5.41) is 5.34. The SMILES string of the molecule is COc1cc(F)ccc1C1CCNCC1.O=C1CCCN1c1ccc(S(=O)(=O)Nc2nccs2)cc1.[HH].[HH]. The average molecular weight is 537 g/mol. The van der Waals surface area contributed by atoms with Gasteiger partial charge in [-0.2, -0.15) is 0 Å². The van der Waals surface area contributed by atoms with Gasteiger partial charge in [0, 0.05) is 39.1 Å². The van der Waals surface area contributed by atoms with Crippen LogP contribution in [0.2, 0.25) is 0 Å². The van der Waals surface area contributed by atoms with Crippen LogP contribution in [0.3, 0.4) is 0 Å². The molecule has 2 aliphatic heterocycles. The van der Waals surface area contributed by atoms with Gasteiger partial charge in [-0.05, 0) is 74.2 Å². The van der Waals surface area contributed by atoms with Crippen molar-refractivity contribution in [3.63, 3.8) is 0 Å². The van der Waals surface area contributed by atoms with E-state index >= 15 is 0 Å². The highest BCUT2D eigenvalue weighted by atomic mass is 32.2. The first-order chi connectivity index (χ1) is 17.4. The molecule has 0 atom stereocenters. The van der Waals surface area contributed by atoms with Crippen LogP contribution in [0.1, 0.15) is 40.0 Å². The molecule has 0 aliphatic carbocycles. The number of halogens is 1. The lowest BCUT2D eigenvalue weighted by Gasteiger charge is -2.24. The first-order valence-electron chi connectivity index (χ1n) is 11.7. The third kappa shape index (κ3) is 6.40. The zero-order valence-electron chi connectivity index (χ0n) is 19.9. The number of aromatic nitrogens is 1. The van der Waals surface area contributed by atoms with Gasteiger partial charge in [-0.1, -0.05) is 6.07 Å². The lowest BCUT2D eigenvalue weighted by molar-refractivity contribution is -0.117. The fourth-order valence-corrected chi connectivity index (χ4v) is 6.12. The number of thiazole rings is 1. The standard InChI is InChI=1S/C13H13N3O3S2.C12H16FNO.2H2/c17-12-2-1-8-16(12)10-3-5-11(6-4-10)21(18,19)15-13-14-7-9-20-13;1-15-12-8-10(13)2-3-11(12)9-4-6-14-7-5-9;;/h3-7,9H,1-2,8H2,(H,14,15);2-3,8-9,14H,4-7H2,1H3;2*1H. The van der Waals surface area contributed by atoms with Crippen LogP contribution in [-0.2, 0) is 14.8 Å². The van der Waals surface area contributed by atoms with Crippen molar-refractivity contribution in [1.82, 2.24) is 10.3 Å². The molecule has 11 heteroatoms. The highest BCUT2D eigenvalue weighted by Gasteiger charge is 2.23. The minimum Gasteiger partial charge on any atom is -0.496 e. The van der Waals surface area contributed by atoms with E-state index in [-0.39, 0.29) is 19.5 Å². The first kappa shape index (κ1) is 26.1. The summed E-state index contributed by atoms with van der Waals surface area (Å²) in [6.45, 7) is 2.75. The second-order valence-electron chi connectivity index (χ2n) is 8.50. The number of nitrogens with one attached hydrogen (secondary N) is 2. The Morgan fingerprint density at radius 1 is 1.19 bits per heavy atom. The summed E-state index contributed by atoms with van der Waals surface area (Å²) >= 11 is 1.21. The molecule has 2 aliphatic rings. The number of carbonyl (C=O) groups excluding carboxylic acids is 1. The summed E-state index contributed by atoms with van der Waals surface area (Å²) in [6, 6.07) is 11.1. The smallest absolute Gasteiger partial charge is 0.263 e. The average Bonchev–Trinajstić information content (AvgIpc) is 3.56. The second-order valence-corrected chi connectivity index (χ2v) is 11.1. The summed E-state index contributed by atoms with van der Waals surface area (Å²) in [5.41, 5.74) is 1.87. The Morgan fingerprint density at radius 2 is 1.94 bits per heavy atom. The number of hydrogen-bond donors (Lipinski definition) is 2. The van der Waals surface area contributed by atoms with Gasteiger partial charge in [-0.3, -0.25) is 9.52 Å². The van der Waals surface area contributed by atoms with E-state index < -0.39 is 10.0 Å². The van der Waals surface area contributed by atoms with Crippen molar-refractivity contribution >= 4 is 38.1 Å². The van der Waals surface area contributed by atoms with Crippen LogP contribution >= 0.6 is 11.3 Å². The lowest BCUT2D eigenvalue weighted by atomic mass is 9.89. The monoisotopic (exact) mass is 536 g/mol. The normalized spacial score (nSPS) is 16.4. The molecule has 0 saturated carbocycles. The number of hydrogen-bond acceptors (Lipinski definition) is 7. The fourth-order valence-electron chi connectivity index (χ4n) is 4.33. The maximum atomic E-state index is 13.0. The summed E-state index contributed by atoms with van der Waals surface area (Å²) in [5.74, 6) is 1.03. The quantitative estimate of drug-likeness (QED) is 0.467. The van der Waals surface area contributed by atoms with Gasteiger partial charge in [-0.15, -0.1) is 11.3 Å². The van der Waals surface area contributed by atoms with E-state index in [1.807, 2.05) is 6.07 Å². The predicted octanol–water partition coefficient (Wildman–Crippen LogP) is 4.86. The number of piperidine rings is 1. The van der Waals surface area contributed by atoms with E-state index in [0.29, 0.717) is 29.8 Å². The summed E-state index contributed by atoms with van der Waals surface area (Å²) in [4.78, 5) is 17.4. The molecule has 3 heterocycles. The Morgan fingerprint density at radius 3 is 2.56 bits per heavy atom. The number of ether oxygens (including phenoxy) is 1. The molecule has 0 spiro atoms. The van der Waals surface area contributed by atoms with E-state index in [1.165, 1.54) is 41.8 Å². The highest BCUT2D eigenvalue weighted by Crippen LogP contribution is 2.33. The van der Waals surface area contributed by atoms with Crippen LogP contribution in [0.15, 0.2) is 58.9 Å². The Hall–Kier alpha value is -3.02. The zero-order valence-corrected chi connectivity index (χ0v) is 21.6. The molecular formula is C25H33FN4O4S2. The van der Waals surface area contributed by atoms with Gasteiger partial charge in [-0.25, -0.2) is 17.8 Å². The van der Waals surface area contributed by atoms with Crippen LogP contribution in [0.4, 0.5) is 15.2 Å². The van der Waals surface area contributed by atoms with Gasteiger partial charge in [0.05, 0.1) is 12.0 Å². The van der Waals surface area contributed by atoms with Crippen molar-refractivity contribution in [3.05, 3.63) is 65.4 Å². The van der Waals surface area contributed by atoms with Crippen molar-refractivity contribution in [1.29, 1.82) is 0 Å². The molecule has 0 radical (unpaired) electrons. The molecule has 196 valence electrons. The summed E-state index contributed by atoms with van der Waals surface area (Å²) < 4.78 is 45.0. The molecule has 36 heavy (non-hydrogen) atoms. The molecule has 2 N–H and O–H groups in total. The van der Waals surface area contributed by atoms with Crippen molar-refractivity contribution in [2.24, 2.45) is 0 Å². The Balaban J connectivity index is 0.000000266. The minimum atomic E-state index is -3.64. The van der Waals surface area contributed by atoms with E-state index in [2.05, 4.69) is 15.0 Å². The predicted molar refractivity (Wildman–Crippen MR) is 143 cm³/mol. The molecular weight excluding hydrogens is 503 g/mol. The van der Waals surface area contributed by atoms with E-state index in [0.717, 1.165) is 43.6 Å². The Bertz CT molecular complexity index is 1270. The van der Waals surface area contributed by atoms with Crippen molar-refractivity contribution in [2.45, 2.75) is 36.5 Å². The maximum Gasteiger partial charge on any atom is 0.263 e. The molecule has 2 aromatic carbocycles. The lowest BCUT2D eigenvalue weighted by Crippen LogP contribution is -2.26. The molecule has 1 aromatic heterocycles. The molecule has 0 unspecified atom stereocenters. The van der Waals surface area contributed by atoms with Gasteiger partial charge < -0.3 is 15.0 Å². The van der Waals surface area contributed by atoms with E-state index in [4.69, 9.17) is 4.74 Å². The van der Waals surface area contributed by atoms with Crippen LogP contribution < -0.4 is 19.7 Å². The van der Waals surface area contributed by atoms with Gasteiger partial charge in [0.25, 0.3) is 10.0 Å². The zero-order chi connectivity index (χ0) is 25.5. The minimum absolute atomic E-state index is 0. The van der Waals surface area contributed by atoms with Crippen LogP contribution in [0.5, 0.6) is 5.75 Å². The summed E-state index contributed by atoms with van der Waals surface area (Å²) in [7, 11) is -2.05. The van der Waals surface area contributed by atoms with Crippen molar-refractivity contribution in [3.8, 4) is 5.75 Å². The van der Waals surface area contributed by atoms with E-state index in [1.54, 1.807) is 29.5 Å². The molecule has 1 amide bonds. The van der Waals surface area contributed by atoms with E-state index in [9.17, 15) is 17.6 Å². The number of nitrogens with zero attached hydrogens (tertiary/aromatic N) is 2. The van der Waals surface area contributed by atoms with Crippen LogP contribution in [0.25, 0.3) is 0 Å². The second kappa shape index (κ2) is 11.8. The van der Waals surface area contributed by atoms with Crippen molar-refractivity contribution in [2.75, 3.05) is 36.4 Å². The van der Waals surface area contributed by atoms with Crippen LogP contribution in [-0.4, -0.2) is 46.1 Å². The number of benzene rings is 2. The number of rotatable bonds is 6. The fraction of sp³-hybridized carbons (Fsp3) is 0.360. The maximum absolute atomic E-state index is 13.0. The van der Waals surface area contributed by atoms with Gasteiger partial charge in [0.15, 0.2) is 5.13 Å². The number of methoxy groups -OCH3 is 1. The number of sulfonamides is 1. The van der Waals surface area contributed by atoms with Gasteiger partial charge in [0.1, 0.15) is 11.6 Å². The third-order valence-corrected chi connectivity index (χ3v) is 8.33. The molecule has 2 fully saturated rings.